The van der Waals surface area contributed by atoms with Gasteiger partial charge < -0.3 is 5.32 Å². The van der Waals surface area contributed by atoms with Crippen LogP contribution in [0.5, 0.6) is 0 Å². The van der Waals surface area contributed by atoms with Crippen molar-refractivity contribution in [1.29, 1.82) is 5.26 Å². The van der Waals surface area contributed by atoms with Crippen molar-refractivity contribution in [2.75, 3.05) is 0 Å². The molecule has 0 bridgehead atoms. The summed E-state index contributed by atoms with van der Waals surface area (Å²) in [5.41, 5.74) is 1.67. The van der Waals surface area contributed by atoms with Crippen LogP contribution in [0.1, 0.15) is 23.6 Å². The van der Waals surface area contributed by atoms with E-state index in [2.05, 4.69) is 16.5 Å². The largest absolute Gasteiger partial charge is 0.337 e. The Morgan fingerprint density at radius 2 is 2.38 bits per heavy atom. The highest BCUT2D eigenvalue weighted by atomic mass is 35.5. The highest BCUT2D eigenvalue weighted by Gasteiger charge is 2.14. The zero-order chi connectivity index (χ0) is 15.2. The Morgan fingerprint density at radius 1 is 1.57 bits per heavy atom. The maximum Gasteiger partial charge on any atom is 0.221 e. The molecular formula is C15H15ClN4O. The van der Waals surface area contributed by atoms with Gasteiger partial charge in [0.15, 0.2) is 0 Å². The van der Waals surface area contributed by atoms with Crippen LogP contribution in [-0.2, 0) is 18.3 Å². The molecule has 21 heavy (non-hydrogen) atoms. The molecule has 1 aromatic carbocycles. The summed E-state index contributed by atoms with van der Waals surface area (Å²) in [5, 5.41) is 16.5. The lowest BCUT2D eigenvalue weighted by Gasteiger charge is -2.12. The van der Waals surface area contributed by atoms with Crippen molar-refractivity contribution < 1.29 is 4.79 Å². The Balaban J connectivity index is 1.92. The molecule has 0 aliphatic rings. The SMILES string of the molecule is Cn1cc(CCC(=O)N[C@H](C#N)c2cccc(Cl)c2)cn1. The number of aromatic nitrogens is 2. The number of aryl methyl sites for hydroxylation is 2. The first kappa shape index (κ1) is 15.1. The summed E-state index contributed by atoms with van der Waals surface area (Å²) >= 11 is 5.89. The minimum atomic E-state index is -0.690. The van der Waals surface area contributed by atoms with Crippen molar-refractivity contribution in [3.63, 3.8) is 0 Å². The molecule has 0 aliphatic carbocycles. The van der Waals surface area contributed by atoms with Gasteiger partial charge in [0.2, 0.25) is 5.91 Å². The van der Waals surface area contributed by atoms with Crippen molar-refractivity contribution in [1.82, 2.24) is 15.1 Å². The average molecular weight is 303 g/mol. The second-order valence-corrected chi connectivity index (χ2v) is 5.14. The number of nitriles is 1. The van der Waals surface area contributed by atoms with E-state index in [1.54, 1.807) is 35.1 Å². The Kier molecular flexibility index (Phi) is 4.96. The number of carbonyl (C=O) groups excluding carboxylic acids is 1. The van der Waals surface area contributed by atoms with Crippen LogP contribution in [0.15, 0.2) is 36.7 Å². The fourth-order valence-electron chi connectivity index (χ4n) is 1.97. The molecule has 1 amide bonds. The van der Waals surface area contributed by atoms with Crippen LogP contribution in [0.3, 0.4) is 0 Å². The number of nitrogens with zero attached hydrogens (tertiary/aromatic N) is 3. The summed E-state index contributed by atoms with van der Waals surface area (Å²) in [4.78, 5) is 11.9. The third-order valence-electron chi connectivity index (χ3n) is 3.02. The number of hydrogen-bond donors (Lipinski definition) is 1. The van der Waals surface area contributed by atoms with Gasteiger partial charge in [0, 0.05) is 24.7 Å². The third kappa shape index (κ3) is 4.33. The molecule has 2 rings (SSSR count). The number of benzene rings is 1. The first-order valence-electron chi connectivity index (χ1n) is 6.50. The average Bonchev–Trinajstić information content (AvgIpc) is 2.88. The molecule has 108 valence electrons. The van der Waals surface area contributed by atoms with Gasteiger partial charge >= 0.3 is 0 Å². The molecule has 1 N–H and O–H groups in total. The van der Waals surface area contributed by atoms with E-state index in [0.29, 0.717) is 23.4 Å². The van der Waals surface area contributed by atoms with Crippen LogP contribution in [0.4, 0.5) is 0 Å². The topological polar surface area (TPSA) is 70.7 Å². The second kappa shape index (κ2) is 6.91. The van der Waals surface area contributed by atoms with Crippen molar-refractivity contribution >= 4 is 17.5 Å². The molecule has 2 aromatic rings. The Labute approximate surface area is 128 Å². The fourth-order valence-corrected chi connectivity index (χ4v) is 2.17. The van der Waals surface area contributed by atoms with Crippen molar-refractivity contribution in [3.05, 3.63) is 52.8 Å². The van der Waals surface area contributed by atoms with E-state index in [-0.39, 0.29) is 5.91 Å². The van der Waals surface area contributed by atoms with Gasteiger partial charge in [-0.3, -0.25) is 9.48 Å². The molecule has 1 heterocycles. The van der Waals surface area contributed by atoms with Gasteiger partial charge in [0.25, 0.3) is 0 Å². The van der Waals surface area contributed by atoms with Crippen LogP contribution in [0.2, 0.25) is 5.02 Å². The van der Waals surface area contributed by atoms with E-state index in [1.165, 1.54) is 0 Å². The van der Waals surface area contributed by atoms with Crippen LogP contribution >= 0.6 is 11.6 Å². The highest BCUT2D eigenvalue weighted by Crippen LogP contribution is 2.17. The Bertz CT molecular complexity index is 674. The van der Waals surface area contributed by atoms with Gasteiger partial charge in [-0.25, -0.2) is 0 Å². The summed E-state index contributed by atoms with van der Waals surface area (Å²) in [7, 11) is 1.83. The second-order valence-electron chi connectivity index (χ2n) is 4.71. The maximum atomic E-state index is 11.9. The fraction of sp³-hybridized carbons (Fsp3) is 0.267. The third-order valence-corrected chi connectivity index (χ3v) is 3.25. The highest BCUT2D eigenvalue weighted by molar-refractivity contribution is 6.30. The Morgan fingerprint density at radius 3 is 3.00 bits per heavy atom. The molecule has 1 aromatic heterocycles. The van der Waals surface area contributed by atoms with E-state index in [4.69, 9.17) is 11.6 Å². The van der Waals surface area contributed by atoms with Gasteiger partial charge in [0.05, 0.1) is 12.3 Å². The minimum Gasteiger partial charge on any atom is -0.337 e. The van der Waals surface area contributed by atoms with Crippen molar-refractivity contribution in [2.24, 2.45) is 7.05 Å². The molecular weight excluding hydrogens is 288 g/mol. The van der Waals surface area contributed by atoms with Gasteiger partial charge in [-0.05, 0) is 29.7 Å². The maximum absolute atomic E-state index is 11.9. The van der Waals surface area contributed by atoms with Crippen molar-refractivity contribution in [2.45, 2.75) is 18.9 Å². The van der Waals surface area contributed by atoms with Gasteiger partial charge in [0.1, 0.15) is 6.04 Å². The predicted molar refractivity (Wildman–Crippen MR) is 79.5 cm³/mol. The minimum absolute atomic E-state index is 0.176. The number of hydrogen-bond acceptors (Lipinski definition) is 3. The molecule has 0 unspecified atom stereocenters. The zero-order valence-electron chi connectivity index (χ0n) is 11.6. The van der Waals surface area contributed by atoms with E-state index in [1.807, 2.05) is 13.2 Å². The monoisotopic (exact) mass is 302 g/mol. The molecule has 0 saturated carbocycles. The van der Waals surface area contributed by atoms with Gasteiger partial charge in [-0.1, -0.05) is 23.7 Å². The lowest BCUT2D eigenvalue weighted by Crippen LogP contribution is -2.27. The van der Waals surface area contributed by atoms with Crippen LogP contribution in [0.25, 0.3) is 0 Å². The number of nitrogens with one attached hydrogen (secondary N) is 1. The summed E-state index contributed by atoms with van der Waals surface area (Å²) in [5.74, 6) is -0.176. The number of halogens is 1. The number of carbonyl (C=O) groups is 1. The molecule has 0 saturated heterocycles. The Hall–Kier alpha value is -2.32. The quantitative estimate of drug-likeness (QED) is 0.922. The van der Waals surface area contributed by atoms with Gasteiger partial charge in [-0.15, -0.1) is 0 Å². The van der Waals surface area contributed by atoms with E-state index < -0.39 is 6.04 Å². The zero-order valence-corrected chi connectivity index (χ0v) is 12.3. The molecule has 1 atom stereocenters. The van der Waals surface area contributed by atoms with Gasteiger partial charge in [-0.2, -0.15) is 10.4 Å². The number of rotatable bonds is 5. The van der Waals surface area contributed by atoms with E-state index in [0.717, 1.165) is 5.56 Å². The molecule has 0 radical (unpaired) electrons. The molecule has 0 fully saturated rings. The van der Waals surface area contributed by atoms with Crippen LogP contribution in [0, 0.1) is 11.3 Å². The first-order chi connectivity index (χ1) is 10.1. The standard InChI is InChI=1S/C15H15ClN4O/c1-20-10-11(9-18-20)5-6-15(21)19-14(8-17)12-3-2-4-13(16)7-12/h2-4,7,9-10,14H,5-6H2,1H3,(H,19,21)/t14-/m1/s1. The van der Waals surface area contributed by atoms with Crippen LogP contribution in [-0.4, -0.2) is 15.7 Å². The molecule has 0 spiro atoms. The summed E-state index contributed by atoms with van der Waals surface area (Å²) in [6, 6.07) is 8.30. The number of amides is 1. The lowest BCUT2D eigenvalue weighted by molar-refractivity contribution is -0.121. The summed E-state index contributed by atoms with van der Waals surface area (Å²) < 4.78 is 1.69. The summed E-state index contributed by atoms with van der Waals surface area (Å²) in [6.45, 7) is 0. The molecule has 6 heteroatoms. The predicted octanol–water partition coefficient (Wildman–Crippen LogP) is 2.39. The van der Waals surface area contributed by atoms with E-state index in [9.17, 15) is 10.1 Å². The smallest absolute Gasteiger partial charge is 0.221 e. The van der Waals surface area contributed by atoms with Crippen LogP contribution < -0.4 is 5.32 Å². The van der Waals surface area contributed by atoms with Crippen molar-refractivity contribution in [3.8, 4) is 6.07 Å². The summed E-state index contributed by atoms with van der Waals surface area (Å²) in [6.07, 6.45) is 4.50. The van der Waals surface area contributed by atoms with E-state index >= 15 is 0 Å². The molecule has 5 nitrogen and oxygen atoms in total. The molecule has 0 aliphatic heterocycles. The normalized spacial score (nSPS) is 11.7. The lowest BCUT2D eigenvalue weighted by atomic mass is 10.1. The first-order valence-corrected chi connectivity index (χ1v) is 6.88.